The fourth-order valence-corrected chi connectivity index (χ4v) is 2.78. The summed E-state index contributed by atoms with van der Waals surface area (Å²) in [5, 5.41) is 14.7. The normalized spacial score (nSPS) is 15.2. The topological polar surface area (TPSA) is 91.2 Å². The molecular formula is C18H25N5O3. The van der Waals surface area contributed by atoms with Crippen molar-refractivity contribution in [2.24, 2.45) is 0 Å². The van der Waals surface area contributed by atoms with Crippen LogP contribution >= 0.6 is 0 Å². The van der Waals surface area contributed by atoms with Crippen LogP contribution in [0.15, 0.2) is 18.2 Å². The zero-order chi connectivity index (χ0) is 18.7. The van der Waals surface area contributed by atoms with Crippen LogP contribution in [0.4, 0.5) is 0 Å². The van der Waals surface area contributed by atoms with E-state index in [0.717, 1.165) is 17.7 Å². The fourth-order valence-electron chi connectivity index (χ4n) is 2.78. The molecule has 0 bridgehead atoms. The second-order valence-corrected chi connectivity index (χ2v) is 7.39. The highest BCUT2D eigenvalue weighted by Gasteiger charge is 2.27. The Morgan fingerprint density at radius 2 is 2.08 bits per heavy atom. The van der Waals surface area contributed by atoms with Crippen molar-refractivity contribution in [3.63, 3.8) is 0 Å². The van der Waals surface area contributed by atoms with Gasteiger partial charge >= 0.3 is 0 Å². The quantitative estimate of drug-likeness (QED) is 0.898. The molecule has 1 unspecified atom stereocenters. The number of hydrogen-bond donors (Lipinski definition) is 1. The average molecular weight is 359 g/mol. The van der Waals surface area contributed by atoms with E-state index in [-0.39, 0.29) is 11.3 Å². The number of aromatic nitrogens is 4. The maximum Gasteiger partial charge on any atom is 0.244 e. The van der Waals surface area contributed by atoms with E-state index in [1.165, 1.54) is 0 Å². The highest BCUT2D eigenvalue weighted by atomic mass is 16.5. The molecule has 0 fully saturated rings. The lowest BCUT2D eigenvalue weighted by Crippen LogP contribution is -2.33. The summed E-state index contributed by atoms with van der Waals surface area (Å²) >= 11 is 0. The molecule has 0 radical (unpaired) electrons. The first kappa shape index (κ1) is 18.2. The Morgan fingerprint density at radius 1 is 1.31 bits per heavy atom. The summed E-state index contributed by atoms with van der Waals surface area (Å²) in [4.78, 5) is 12.6. The molecule has 26 heavy (non-hydrogen) atoms. The number of para-hydroxylation sites is 1. The van der Waals surface area contributed by atoms with Gasteiger partial charge in [0.2, 0.25) is 5.91 Å². The van der Waals surface area contributed by atoms with Crippen molar-refractivity contribution >= 4 is 5.91 Å². The molecule has 0 saturated heterocycles. The Morgan fingerprint density at radius 3 is 2.85 bits per heavy atom. The van der Waals surface area contributed by atoms with Crippen LogP contribution in [-0.2, 0) is 16.8 Å². The number of carbonyl (C=O) groups excluding carboxylic acids is 1. The van der Waals surface area contributed by atoms with Crippen molar-refractivity contribution in [3.05, 3.63) is 29.6 Å². The second kappa shape index (κ2) is 7.31. The standard InChI is InChI=1S/C18H25N5O3/c1-12(23-17(18(2,3)4)20-21-22-23)16(24)19-11-13-7-5-8-14-15(13)26-10-6-9-25-14/h5,7-8,12H,6,9-11H2,1-4H3,(H,19,24). The number of tetrazole rings is 1. The molecule has 8 heteroatoms. The number of carbonyl (C=O) groups is 1. The van der Waals surface area contributed by atoms with E-state index in [9.17, 15) is 4.79 Å². The second-order valence-electron chi connectivity index (χ2n) is 7.39. The van der Waals surface area contributed by atoms with Crippen LogP contribution < -0.4 is 14.8 Å². The van der Waals surface area contributed by atoms with Gasteiger partial charge < -0.3 is 14.8 Å². The van der Waals surface area contributed by atoms with Crippen molar-refractivity contribution in [2.75, 3.05) is 13.2 Å². The largest absolute Gasteiger partial charge is 0.490 e. The number of ether oxygens (including phenoxy) is 2. The third-order valence-corrected chi connectivity index (χ3v) is 4.22. The molecule has 1 amide bonds. The van der Waals surface area contributed by atoms with Gasteiger partial charge in [0.05, 0.1) is 13.2 Å². The summed E-state index contributed by atoms with van der Waals surface area (Å²) in [5.74, 6) is 1.94. The minimum absolute atomic E-state index is 0.157. The number of fused-ring (bicyclic) bond motifs is 1. The molecule has 2 heterocycles. The number of rotatable bonds is 4. The van der Waals surface area contributed by atoms with E-state index >= 15 is 0 Å². The van der Waals surface area contributed by atoms with Gasteiger partial charge in [0, 0.05) is 23.9 Å². The maximum absolute atomic E-state index is 12.6. The van der Waals surface area contributed by atoms with Gasteiger partial charge in [0.1, 0.15) is 6.04 Å². The molecule has 1 aromatic heterocycles. The Bertz CT molecular complexity index is 781. The number of benzene rings is 1. The molecule has 0 saturated carbocycles. The van der Waals surface area contributed by atoms with Crippen LogP contribution in [0.2, 0.25) is 0 Å². The van der Waals surface area contributed by atoms with Gasteiger partial charge in [-0.3, -0.25) is 4.79 Å². The predicted octanol–water partition coefficient (Wildman–Crippen LogP) is 2.01. The lowest BCUT2D eigenvalue weighted by atomic mass is 9.95. The Hall–Kier alpha value is -2.64. The number of nitrogens with zero attached hydrogens (tertiary/aromatic N) is 4. The highest BCUT2D eigenvalue weighted by molar-refractivity contribution is 5.79. The number of amides is 1. The zero-order valence-corrected chi connectivity index (χ0v) is 15.7. The van der Waals surface area contributed by atoms with Gasteiger partial charge in [-0.05, 0) is 23.4 Å². The Labute approximate surface area is 152 Å². The average Bonchev–Trinajstić information content (AvgIpc) is 2.98. The van der Waals surface area contributed by atoms with Crippen LogP contribution in [-0.4, -0.2) is 39.3 Å². The lowest BCUT2D eigenvalue weighted by Gasteiger charge is -2.21. The Balaban J connectivity index is 1.71. The van der Waals surface area contributed by atoms with Crippen molar-refractivity contribution in [3.8, 4) is 11.5 Å². The van der Waals surface area contributed by atoms with E-state index in [2.05, 4.69) is 20.8 Å². The summed E-state index contributed by atoms with van der Waals surface area (Å²) in [6, 6.07) is 5.19. The van der Waals surface area contributed by atoms with E-state index in [1.807, 2.05) is 39.0 Å². The van der Waals surface area contributed by atoms with Gasteiger partial charge in [0.25, 0.3) is 0 Å². The molecule has 1 aliphatic rings. The van der Waals surface area contributed by atoms with Gasteiger partial charge in [-0.2, -0.15) is 0 Å². The number of hydrogen-bond acceptors (Lipinski definition) is 6. The summed E-state index contributed by atoms with van der Waals surface area (Å²) < 4.78 is 13.1. The van der Waals surface area contributed by atoms with E-state index in [0.29, 0.717) is 31.3 Å². The van der Waals surface area contributed by atoms with Crippen LogP contribution in [0.3, 0.4) is 0 Å². The molecule has 3 rings (SSSR count). The molecule has 1 aliphatic heterocycles. The highest BCUT2D eigenvalue weighted by Crippen LogP contribution is 2.33. The van der Waals surface area contributed by atoms with Crippen molar-refractivity contribution in [1.82, 2.24) is 25.5 Å². The molecule has 2 aromatic rings. The first-order valence-electron chi connectivity index (χ1n) is 8.81. The van der Waals surface area contributed by atoms with Crippen LogP contribution in [0.25, 0.3) is 0 Å². The van der Waals surface area contributed by atoms with Gasteiger partial charge in [-0.1, -0.05) is 32.9 Å². The Kier molecular flexibility index (Phi) is 5.11. The summed E-state index contributed by atoms with van der Waals surface area (Å²) in [6.45, 7) is 9.40. The van der Waals surface area contributed by atoms with Crippen molar-refractivity contribution < 1.29 is 14.3 Å². The number of nitrogens with one attached hydrogen (secondary N) is 1. The summed E-state index contributed by atoms with van der Waals surface area (Å²) in [7, 11) is 0. The van der Waals surface area contributed by atoms with Crippen LogP contribution in [0.1, 0.15) is 51.5 Å². The van der Waals surface area contributed by atoms with Crippen LogP contribution in [0, 0.1) is 0 Å². The molecule has 1 aromatic carbocycles. The van der Waals surface area contributed by atoms with Crippen molar-refractivity contribution in [2.45, 2.75) is 52.1 Å². The van der Waals surface area contributed by atoms with E-state index in [1.54, 1.807) is 11.6 Å². The van der Waals surface area contributed by atoms with E-state index in [4.69, 9.17) is 9.47 Å². The minimum Gasteiger partial charge on any atom is -0.490 e. The fraction of sp³-hybridized carbons (Fsp3) is 0.556. The SMILES string of the molecule is CC(C(=O)NCc1cccc2c1OCCCO2)n1nnnc1C(C)(C)C. The minimum atomic E-state index is -0.515. The maximum atomic E-state index is 12.6. The molecular weight excluding hydrogens is 334 g/mol. The molecule has 0 spiro atoms. The third-order valence-electron chi connectivity index (χ3n) is 4.22. The molecule has 140 valence electrons. The van der Waals surface area contributed by atoms with Gasteiger partial charge in [-0.25, -0.2) is 4.68 Å². The summed E-state index contributed by atoms with van der Waals surface area (Å²) in [6.07, 6.45) is 0.840. The molecule has 0 aliphatic carbocycles. The molecule has 1 atom stereocenters. The van der Waals surface area contributed by atoms with Crippen LogP contribution in [0.5, 0.6) is 11.5 Å². The predicted molar refractivity (Wildman–Crippen MR) is 95.1 cm³/mol. The molecule has 1 N–H and O–H groups in total. The molecule has 8 nitrogen and oxygen atoms in total. The monoisotopic (exact) mass is 359 g/mol. The van der Waals surface area contributed by atoms with Gasteiger partial charge in [-0.15, -0.1) is 5.10 Å². The van der Waals surface area contributed by atoms with E-state index < -0.39 is 6.04 Å². The smallest absolute Gasteiger partial charge is 0.244 e. The summed E-state index contributed by atoms with van der Waals surface area (Å²) in [5.41, 5.74) is 0.637. The lowest BCUT2D eigenvalue weighted by molar-refractivity contribution is -0.124. The van der Waals surface area contributed by atoms with Crippen molar-refractivity contribution in [1.29, 1.82) is 0 Å². The third kappa shape index (κ3) is 3.79. The first-order chi connectivity index (χ1) is 12.4. The van der Waals surface area contributed by atoms with Gasteiger partial charge in [0.15, 0.2) is 17.3 Å². The first-order valence-corrected chi connectivity index (χ1v) is 8.81. The zero-order valence-electron chi connectivity index (χ0n) is 15.7.